The molecule has 0 saturated heterocycles. The molecule has 3 heterocycles. The summed E-state index contributed by atoms with van der Waals surface area (Å²) in [6.07, 6.45) is 5.03. The quantitative estimate of drug-likeness (QED) is 0.665. The smallest absolute Gasteiger partial charge is 0.280 e. The molecule has 0 atom stereocenters. The van der Waals surface area contributed by atoms with Crippen LogP contribution in [0, 0.1) is 0 Å². The number of nitrogens with one attached hydrogen (secondary N) is 1. The maximum Gasteiger partial charge on any atom is 0.280 e. The van der Waals surface area contributed by atoms with Gasteiger partial charge in [0.15, 0.2) is 11.2 Å². The predicted octanol–water partition coefficient (Wildman–Crippen LogP) is 0.145. The minimum absolute atomic E-state index is 0.0837. The minimum Gasteiger partial charge on any atom is -0.369 e. The van der Waals surface area contributed by atoms with Gasteiger partial charge in [0.1, 0.15) is 0 Å². The lowest BCUT2D eigenvalue weighted by molar-refractivity contribution is 0.809. The van der Waals surface area contributed by atoms with Crippen molar-refractivity contribution >= 4 is 17.1 Å². The van der Waals surface area contributed by atoms with Gasteiger partial charge in [-0.2, -0.15) is 4.98 Å². The van der Waals surface area contributed by atoms with Crippen molar-refractivity contribution in [3.63, 3.8) is 0 Å². The number of fused-ring (bicyclic) bond motifs is 1. The third kappa shape index (κ3) is 1.71. The van der Waals surface area contributed by atoms with E-state index in [0.717, 1.165) is 5.56 Å². The number of nitrogens with two attached hydrogens (primary N) is 1. The Hall–Kier alpha value is -2.70. The van der Waals surface area contributed by atoms with Crippen LogP contribution in [-0.4, -0.2) is 24.5 Å². The van der Waals surface area contributed by atoms with Gasteiger partial charge in [-0.05, 0) is 11.6 Å². The molecule has 0 fully saturated rings. The topological polar surface area (TPSA) is 102 Å². The number of nitrogens with zero attached hydrogens (tertiary/aromatic N) is 4. The molecular weight excluding hydrogens is 232 g/mol. The molecule has 3 N–H and O–H groups in total. The molecule has 0 amide bonds. The Morgan fingerprint density at radius 2 is 2.33 bits per heavy atom. The molecule has 0 radical (unpaired) electrons. The zero-order valence-corrected chi connectivity index (χ0v) is 9.37. The van der Waals surface area contributed by atoms with E-state index < -0.39 is 0 Å². The molecule has 0 aliphatic rings. The van der Waals surface area contributed by atoms with Crippen LogP contribution in [0.3, 0.4) is 0 Å². The second kappa shape index (κ2) is 3.95. The first-order valence-corrected chi connectivity index (χ1v) is 5.33. The lowest BCUT2D eigenvalue weighted by Crippen LogP contribution is -2.12. The van der Waals surface area contributed by atoms with Gasteiger partial charge in [-0.3, -0.25) is 14.8 Å². The highest BCUT2D eigenvalue weighted by Gasteiger charge is 2.09. The second-order valence-electron chi connectivity index (χ2n) is 3.86. The molecule has 3 aromatic heterocycles. The van der Waals surface area contributed by atoms with Crippen LogP contribution in [0.5, 0.6) is 0 Å². The maximum absolute atomic E-state index is 11.6. The molecule has 0 unspecified atom stereocenters. The zero-order valence-electron chi connectivity index (χ0n) is 9.37. The summed E-state index contributed by atoms with van der Waals surface area (Å²) in [6, 6.07) is 3.79. The number of H-pyrrole nitrogens is 1. The molecule has 3 aromatic rings. The number of imidazole rings is 1. The van der Waals surface area contributed by atoms with Crippen LogP contribution in [0.1, 0.15) is 5.56 Å². The number of aromatic nitrogens is 5. The third-order valence-corrected chi connectivity index (χ3v) is 2.57. The molecular formula is C11H10N6O. The fourth-order valence-electron chi connectivity index (χ4n) is 1.77. The van der Waals surface area contributed by atoms with Crippen LogP contribution < -0.4 is 11.3 Å². The normalized spacial score (nSPS) is 10.9. The lowest BCUT2D eigenvalue weighted by Gasteiger charge is -2.03. The predicted molar refractivity (Wildman–Crippen MR) is 65.9 cm³/mol. The Morgan fingerprint density at radius 1 is 1.44 bits per heavy atom. The highest BCUT2D eigenvalue weighted by molar-refractivity contribution is 5.70. The van der Waals surface area contributed by atoms with Crippen molar-refractivity contribution in [3.05, 3.63) is 46.8 Å². The number of hydrogen-bond acceptors (Lipinski definition) is 5. The van der Waals surface area contributed by atoms with Crippen LogP contribution in [0.4, 0.5) is 5.95 Å². The Labute approximate surface area is 101 Å². The number of anilines is 1. The first kappa shape index (κ1) is 10.5. The largest absolute Gasteiger partial charge is 0.369 e. The average molecular weight is 242 g/mol. The van der Waals surface area contributed by atoms with Crippen molar-refractivity contribution < 1.29 is 0 Å². The van der Waals surface area contributed by atoms with Gasteiger partial charge in [0.2, 0.25) is 5.95 Å². The van der Waals surface area contributed by atoms with Crippen molar-refractivity contribution in [2.24, 2.45) is 0 Å². The van der Waals surface area contributed by atoms with Crippen LogP contribution in [-0.2, 0) is 6.54 Å². The number of rotatable bonds is 2. The van der Waals surface area contributed by atoms with E-state index in [4.69, 9.17) is 5.73 Å². The van der Waals surface area contributed by atoms with Gasteiger partial charge in [0, 0.05) is 12.4 Å². The third-order valence-electron chi connectivity index (χ3n) is 2.57. The molecule has 18 heavy (non-hydrogen) atoms. The van der Waals surface area contributed by atoms with E-state index in [1.54, 1.807) is 23.3 Å². The first-order chi connectivity index (χ1) is 8.74. The monoisotopic (exact) mass is 242 g/mol. The number of pyridine rings is 1. The summed E-state index contributed by atoms with van der Waals surface area (Å²) in [6.45, 7) is 0.542. The molecule has 0 bridgehead atoms. The fourth-order valence-corrected chi connectivity index (χ4v) is 1.77. The Balaban J connectivity index is 2.11. The van der Waals surface area contributed by atoms with Crippen LogP contribution in [0.15, 0.2) is 35.6 Å². The number of nitrogen functional groups attached to an aromatic ring is 1. The first-order valence-electron chi connectivity index (χ1n) is 5.33. The summed E-state index contributed by atoms with van der Waals surface area (Å²) in [5.41, 5.74) is 6.95. The van der Waals surface area contributed by atoms with Gasteiger partial charge in [-0.25, -0.2) is 4.98 Å². The van der Waals surface area contributed by atoms with Crippen molar-refractivity contribution in [1.29, 1.82) is 0 Å². The van der Waals surface area contributed by atoms with E-state index in [9.17, 15) is 4.79 Å². The summed E-state index contributed by atoms with van der Waals surface area (Å²) < 4.78 is 1.76. The zero-order chi connectivity index (χ0) is 12.5. The molecule has 0 aliphatic carbocycles. The molecule has 3 rings (SSSR count). The number of hydrogen-bond donors (Lipinski definition) is 2. The second-order valence-corrected chi connectivity index (χ2v) is 3.86. The van der Waals surface area contributed by atoms with Crippen molar-refractivity contribution in [1.82, 2.24) is 24.5 Å². The summed E-state index contributed by atoms with van der Waals surface area (Å²) in [4.78, 5) is 26.2. The Bertz CT molecular complexity index is 745. The molecule has 7 nitrogen and oxygen atoms in total. The molecule has 0 aromatic carbocycles. The van der Waals surface area contributed by atoms with Gasteiger partial charge >= 0.3 is 0 Å². The summed E-state index contributed by atoms with van der Waals surface area (Å²) in [5, 5.41) is 0. The molecule has 90 valence electrons. The average Bonchev–Trinajstić information content (AvgIpc) is 2.74. The Morgan fingerprint density at radius 3 is 3.11 bits per heavy atom. The molecule has 0 spiro atoms. The van der Waals surface area contributed by atoms with E-state index in [0.29, 0.717) is 12.2 Å². The van der Waals surface area contributed by atoms with E-state index in [2.05, 4.69) is 19.9 Å². The maximum atomic E-state index is 11.6. The van der Waals surface area contributed by atoms with E-state index >= 15 is 0 Å². The SMILES string of the molecule is Nc1nc2c(ncn2Cc2cccnc2)c(=O)[nH]1. The molecule has 0 saturated carbocycles. The summed E-state index contributed by atoms with van der Waals surface area (Å²) >= 11 is 0. The van der Waals surface area contributed by atoms with Crippen molar-refractivity contribution in [2.45, 2.75) is 6.54 Å². The van der Waals surface area contributed by atoms with E-state index in [1.807, 2.05) is 12.1 Å². The van der Waals surface area contributed by atoms with Crippen molar-refractivity contribution in [2.75, 3.05) is 5.73 Å². The van der Waals surface area contributed by atoms with E-state index in [-0.39, 0.29) is 17.0 Å². The highest BCUT2D eigenvalue weighted by atomic mass is 16.1. The van der Waals surface area contributed by atoms with Gasteiger partial charge < -0.3 is 10.3 Å². The van der Waals surface area contributed by atoms with Crippen molar-refractivity contribution in [3.8, 4) is 0 Å². The fraction of sp³-hybridized carbons (Fsp3) is 0.0909. The lowest BCUT2D eigenvalue weighted by atomic mass is 10.3. The summed E-state index contributed by atoms with van der Waals surface area (Å²) in [5.74, 6) is 0.0837. The van der Waals surface area contributed by atoms with Gasteiger partial charge in [0.25, 0.3) is 5.56 Å². The minimum atomic E-state index is -0.331. The van der Waals surface area contributed by atoms with Crippen LogP contribution in [0.25, 0.3) is 11.2 Å². The number of aromatic amines is 1. The molecule has 7 heteroatoms. The van der Waals surface area contributed by atoms with Gasteiger partial charge in [0.05, 0.1) is 12.9 Å². The van der Waals surface area contributed by atoms with Crippen LogP contribution >= 0.6 is 0 Å². The highest BCUT2D eigenvalue weighted by Crippen LogP contribution is 2.09. The van der Waals surface area contributed by atoms with Gasteiger partial charge in [-0.15, -0.1) is 0 Å². The standard InChI is InChI=1S/C11H10N6O/c12-11-15-9-8(10(18)16-11)14-6-17(9)5-7-2-1-3-13-4-7/h1-4,6H,5H2,(H3,12,15,16,18). The van der Waals surface area contributed by atoms with Crippen LogP contribution in [0.2, 0.25) is 0 Å². The molecule has 0 aliphatic heterocycles. The van der Waals surface area contributed by atoms with E-state index in [1.165, 1.54) is 0 Å². The Kier molecular flexibility index (Phi) is 2.30. The summed E-state index contributed by atoms with van der Waals surface area (Å²) in [7, 11) is 0. The van der Waals surface area contributed by atoms with Gasteiger partial charge in [-0.1, -0.05) is 6.07 Å².